The zero-order chi connectivity index (χ0) is 12.1. The van der Waals surface area contributed by atoms with Crippen molar-refractivity contribution in [1.82, 2.24) is 4.98 Å². The van der Waals surface area contributed by atoms with E-state index in [0.717, 1.165) is 11.3 Å². The Morgan fingerprint density at radius 2 is 1.94 bits per heavy atom. The topological polar surface area (TPSA) is 50.9 Å². The number of nitrogens with one attached hydrogen (secondary N) is 1. The molecule has 17 heavy (non-hydrogen) atoms. The van der Waals surface area contributed by atoms with Gasteiger partial charge in [-0.3, -0.25) is 4.98 Å². The van der Waals surface area contributed by atoms with E-state index in [1.807, 2.05) is 18.2 Å². The van der Waals surface area contributed by atoms with E-state index in [1.165, 1.54) is 6.07 Å². The molecule has 2 rings (SSSR count). The standard InChI is InChI=1S/C13H14FN3/c14-13-7-10(8-15)1-2-11(13)9-17-12-3-5-16-6-4-12/h1-7H,8-9,15H2,(H,16,17). The molecule has 1 aromatic carbocycles. The second-order valence-electron chi connectivity index (χ2n) is 3.72. The first-order valence-corrected chi connectivity index (χ1v) is 5.41. The molecular formula is C13H14FN3. The predicted octanol–water partition coefficient (Wildman–Crippen LogP) is 2.29. The molecule has 0 spiro atoms. The third-order valence-electron chi connectivity index (χ3n) is 2.52. The summed E-state index contributed by atoms with van der Waals surface area (Å²) in [6, 6.07) is 8.75. The van der Waals surface area contributed by atoms with Crippen LogP contribution in [0, 0.1) is 5.82 Å². The van der Waals surface area contributed by atoms with Crippen molar-refractivity contribution in [1.29, 1.82) is 0 Å². The molecule has 0 atom stereocenters. The van der Waals surface area contributed by atoms with Gasteiger partial charge in [-0.2, -0.15) is 0 Å². The van der Waals surface area contributed by atoms with Gasteiger partial charge in [0.2, 0.25) is 0 Å². The van der Waals surface area contributed by atoms with E-state index < -0.39 is 0 Å². The number of benzene rings is 1. The van der Waals surface area contributed by atoms with E-state index in [2.05, 4.69) is 10.3 Å². The van der Waals surface area contributed by atoms with E-state index >= 15 is 0 Å². The molecule has 1 heterocycles. The van der Waals surface area contributed by atoms with Crippen LogP contribution in [-0.2, 0) is 13.1 Å². The normalized spacial score (nSPS) is 10.2. The number of anilines is 1. The molecule has 0 fully saturated rings. The van der Waals surface area contributed by atoms with E-state index in [1.54, 1.807) is 18.5 Å². The Morgan fingerprint density at radius 3 is 2.59 bits per heavy atom. The van der Waals surface area contributed by atoms with Crippen LogP contribution in [0.15, 0.2) is 42.7 Å². The Morgan fingerprint density at radius 1 is 1.18 bits per heavy atom. The Balaban J connectivity index is 2.04. The molecule has 2 aromatic rings. The van der Waals surface area contributed by atoms with Crippen LogP contribution in [-0.4, -0.2) is 4.98 Å². The van der Waals surface area contributed by atoms with Crippen LogP contribution in [0.25, 0.3) is 0 Å². The highest BCUT2D eigenvalue weighted by Gasteiger charge is 2.02. The summed E-state index contributed by atoms with van der Waals surface area (Å²) < 4.78 is 13.6. The Kier molecular flexibility index (Phi) is 3.67. The molecule has 0 saturated heterocycles. The quantitative estimate of drug-likeness (QED) is 0.848. The summed E-state index contributed by atoms with van der Waals surface area (Å²) in [6.45, 7) is 0.801. The van der Waals surface area contributed by atoms with Gasteiger partial charge >= 0.3 is 0 Å². The number of pyridine rings is 1. The van der Waals surface area contributed by atoms with Crippen molar-refractivity contribution in [3.05, 3.63) is 59.7 Å². The second-order valence-corrected chi connectivity index (χ2v) is 3.72. The number of hydrogen-bond acceptors (Lipinski definition) is 3. The summed E-state index contributed by atoms with van der Waals surface area (Å²) in [5.74, 6) is -0.227. The first-order chi connectivity index (χ1) is 8.29. The molecule has 0 aliphatic rings. The summed E-state index contributed by atoms with van der Waals surface area (Å²) in [6.07, 6.45) is 3.38. The van der Waals surface area contributed by atoms with Crippen molar-refractivity contribution in [3.63, 3.8) is 0 Å². The van der Waals surface area contributed by atoms with Gasteiger partial charge in [0.15, 0.2) is 0 Å². The van der Waals surface area contributed by atoms with Gasteiger partial charge in [0.05, 0.1) is 0 Å². The van der Waals surface area contributed by atoms with E-state index in [9.17, 15) is 4.39 Å². The first kappa shape index (κ1) is 11.5. The van der Waals surface area contributed by atoms with Gasteiger partial charge in [-0.05, 0) is 23.8 Å². The van der Waals surface area contributed by atoms with Crippen LogP contribution in [0.1, 0.15) is 11.1 Å². The van der Waals surface area contributed by atoms with Crippen molar-refractivity contribution >= 4 is 5.69 Å². The van der Waals surface area contributed by atoms with Gasteiger partial charge in [-0.25, -0.2) is 4.39 Å². The maximum atomic E-state index is 13.6. The van der Waals surface area contributed by atoms with Crippen LogP contribution >= 0.6 is 0 Å². The van der Waals surface area contributed by atoms with Crippen molar-refractivity contribution in [2.75, 3.05) is 5.32 Å². The minimum absolute atomic E-state index is 0.227. The first-order valence-electron chi connectivity index (χ1n) is 5.41. The maximum Gasteiger partial charge on any atom is 0.128 e. The van der Waals surface area contributed by atoms with Gasteiger partial charge in [-0.1, -0.05) is 12.1 Å². The molecule has 0 saturated carbocycles. The summed E-state index contributed by atoms with van der Waals surface area (Å²) in [4.78, 5) is 3.91. The number of hydrogen-bond donors (Lipinski definition) is 2. The fourth-order valence-electron chi connectivity index (χ4n) is 1.53. The van der Waals surface area contributed by atoms with Gasteiger partial charge < -0.3 is 11.1 Å². The Bertz CT molecular complexity index is 485. The fraction of sp³-hybridized carbons (Fsp3) is 0.154. The van der Waals surface area contributed by atoms with Crippen molar-refractivity contribution < 1.29 is 4.39 Å². The molecule has 1 aromatic heterocycles. The molecule has 3 N–H and O–H groups in total. The molecule has 88 valence electrons. The van der Waals surface area contributed by atoms with E-state index in [-0.39, 0.29) is 5.82 Å². The minimum atomic E-state index is -0.227. The predicted molar refractivity (Wildman–Crippen MR) is 65.9 cm³/mol. The van der Waals surface area contributed by atoms with Gasteiger partial charge in [0.1, 0.15) is 5.82 Å². The Labute approximate surface area is 99.5 Å². The largest absolute Gasteiger partial charge is 0.381 e. The summed E-state index contributed by atoms with van der Waals surface area (Å²) in [7, 11) is 0. The second kappa shape index (κ2) is 5.41. The van der Waals surface area contributed by atoms with Crippen molar-refractivity contribution in [3.8, 4) is 0 Å². The average molecular weight is 231 g/mol. The van der Waals surface area contributed by atoms with E-state index in [4.69, 9.17) is 5.73 Å². The smallest absolute Gasteiger partial charge is 0.128 e. The van der Waals surface area contributed by atoms with Crippen LogP contribution in [0.3, 0.4) is 0 Å². The monoisotopic (exact) mass is 231 g/mol. The average Bonchev–Trinajstić information content (AvgIpc) is 2.38. The molecule has 0 amide bonds. The Hall–Kier alpha value is -1.94. The van der Waals surface area contributed by atoms with Crippen LogP contribution < -0.4 is 11.1 Å². The fourth-order valence-corrected chi connectivity index (χ4v) is 1.53. The number of rotatable bonds is 4. The molecule has 0 aliphatic carbocycles. The lowest BCUT2D eigenvalue weighted by molar-refractivity contribution is 0.610. The van der Waals surface area contributed by atoms with Gasteiger partial charge in [0.25, 0.3) is 0 Å². The van der Waals surface area contributed by atoms with Gasteiger partial charge in [0, 0.05) is 36.7 Å². The summed E-state index contributed by atoms with van der Waals surface area (Å²) in [5, 5.41) is 3.13. The molecule has 0 bridgehead atoms. The van der Waals surface area contributed by atoms with Crippen LogP contribution in [0.4, 0.5) is 10.1 Å². The molecule has 3 nitrogen and oxygen atoms in total. The summed E-state index contributed by atoms with van der Waals surface area (Å²) >= 11 is 0. The van der Waals surface area contributed by atoms with Crippen LogP contribution in [0.5, 0.6) is 0 Å². The highest BCUT2D eigenvalue weighted by Crippen LogP contribution is 2.12. The van der Waals surface area contributed by atoms with Crippen molar-refractivity contribution in [2.45, 2.75) is 13.1 Å². The minimum Gasteiger partial charge on any atom is -0.381 e. The lowest BCUT2D eigenvalue weighted by atomic mass is 10.1. The number of nitrogens with two attached hydrogens (primary N) is 1. The number of aromatic nitrogens is 1. The zero-order valence-corrected chi connectivity index (χ0v) is 9.36. The molecule has 0 unspecified atom stereocenters. The molecule has 0 aliphatic heterocycles. The van der Waals surface area contributed by atoms with Crippen molar-refractivity contribution in [2.24, 2.45) is 5.73 Å². The third-order valence-corrected chi connectivity index (χ3v) is 2.52. The summed E-state index contributed by atoms with van der Waals surface area (Å²) in [5.41, 5.74) is 7.79. The third kappa shape index (κ3) is 3.01. The molecule has 0 radical (unpaired) electrons. The van der Waals surface area contributed by atoms with Crippen LogP contribution in [0.2, 0.25) is 0 Å². The highest BCUT2D eigenvalue weighted by molar-refractivity contribution is 5.41. The maximum absolute atomic E-state index is 13.6. The SMILES string of the molecule is NCc1ccc(CNc2ccncc2)c(F)c1. The molecule has 4 heteroatoms. The zero-order valence-electron chi connectivity index (χ0n) is 9.36. The van der Waals surface area contributed by atoms with Gasteiger partial charge in [-0.15, -0.1) is 0 Å². The highest BCUT2D eigenvalue weighted by atomic mass is 19.1. The number of halogens is 1. The lowest BCUT2D eigenvalue weighted by Crippen LogP contribution is -2.03. The molecular weight excluding hydrogens is 217 g/mol. The number of nitrogens with zero attached hydrogens (tertiary/aromatic N) is 1. The lowest BCUT2D eigenvalue weighted by Gasteiger charge is -2.08. The van der Waals surface area contributed by atoms with E-state index in [0.29, 0.717) is 18.7 Å².